The van der Waals surface area contributed by atoms with Crippen molar-refractivity contribution in [2.24, 2.45) is 5.73 Å². The number of carbonyl (C=O) groups is 1. The number of hydrogen-bond donors (Lipinski definition) is 2. The molecule has 0 radical (unpaired) electrons. The molecule has 1 aromatic rings. The van der Waals surface area contributed by atoms with Crippen LogP contribution in [0.2, 0.25) is 0 Å². The summed E-state index contributed by atoms with van der Waals surface area (Å²) in [5.41, 5.74) is 7.06. The number of amides is 1. The molecule has 0 aromatic heterocycles. The number of ether oxygens (including phenoxy) is 1. The zero-order valence-corrected chi connectivity index (χ0v) is 10.8. The molecule has 0 unspecified atom stereocenters. The van der Waals surface area contributed by atoms with Gasteiger partial charge in [0.15, 0.2) is 0 Å². The smallest absolute Gasteiger partial charge is 0.224 e. The summed E-state index contributed by atoms with van der Waals surface area (Å²) < 4.78 is 5.16. The molecule has 3 N–H and O–H groups in total. The van der Waals surface area contributed by atoms with Crippen molar-refractivity contribution in [1.82, 2.24) is 0 Å². The van der Waals surface area contributed by atoms with E-state index < -0.39 is 0 Å². The fraction of sp³-hybridized carbons (Fsp3) is 0.333. The minimum Gasteiger partial charge on any atom is -0.495 e. The lowest BCUT2D eigenvalue weighted by Gasteiger charge is -2.10. The zero-order valence-electron chi connectivity index (χ0n) is 9.95. The molecular weight excluding hydrogens is 236 g/mol. The Labute approximate surface area is 106 Å². The number of rotatable bonds is 5. The maximum Gasteiger partial charge on any atom is 0.224 e. The molecule has 92 valence electrons. The average molecular weight is 252 g/mol. The van der Waals surface area contributed by atoms with Gasteiger partial charge in [-0.1, -0.05) is 18.3 Å². The van der Waals surface area contributed by atoms with Crippen molar-refractivity contribution in [2.75, 3.05) is 12.4 Å². The molecule has 0 saturated carbocycles. The Kier molecular flexibility index (Phi) is 4.90. The van der Waals surface area contributed by atoms with Gasteiger partial charge in [0, 0.05) is 12.8 Å². The van der Waals surface area contributed by atoms with Crippen LogP contribution in [0.5, 0.6) is 5.75 Å². The van der Waals surface area contributed by atoms with E-state index in [2.05, 4.69) is 5.32 Å². The highest BCUT2D eigenvalue weighted by atomic mass is 32.1. The van der Waals surface area contributed by atoms with Gasteiger partial charge in [0.25, 0.3) is 0 Å². The zero-order chi connectivity index (χ0) is 12.8. The summed E-state index contributed by atoms with van der Waals surface area (Å²) in [5.74, 6) is 0.515. The second-order valence-electron chi connectivity index (χ2n) is 3.72. The molecule has 0 fully saturated rings. The van der Waals surface area contributed by atoms with E-state index in [4.69, 9.17) is 22.7 Å². The first kappa shape index (κ1) is 13.4. The predicted octanol–water partition coefficient (Wildman–Crippen LogP) is 2.01. The molecule has 0 spiro atoms. The number of benzene rings is 1. The van der Waals surface area contributed by atoms with Gasteiger partial charge in [0.05, 0.1) is 17.8 Å². The summed E-state index contributed by atoms with van der Waals surface area (Å²) in [7, 11) is 1.56. The minimum absolute atomic E-state index is 0.123. The second kappa shape index (κ2) is 6.20. The van der Waals surface area contributed by atoms with Crippen LogP contribution in [-0.4, -0.2) is 18.0 Å². The monoisotopic (exact) mass is 252 g/mol. The van der Waals surface area contributed by atoms with Gasteiger partial charge in [-0.3, -0.25) is 4.79 Å². The van der Waals surface area contributed by atoms with Crippen LogP contribution in [-0.2, 0) is 4.79 Å². The third kappa shape index (κ3) is 4.40. The number of hydrogen-bond acceptors (Lipinski definition) is 3. The Balaban J connectivity index is 2.69. The standard InChI is InChI=1S/C12H16N2O2S/c1-8-3-4-10(16-2)9(7-8)14-12(15)6-5-11(13)17/h3-4,7H,5-6H2,1-2H3,(H2,13,17)(H,14,15). The summed E-state index contributed by atoms with van der Waals surface area (Å²) in [6, 6.07) is 5.60. The first-order valence-electron chi connectivity index (χ1n) is 5.25. The normalized spacial score (nSPS) is 9.76. The lowest BCUT2D eigenvalue weighted by molar-refractivity contribution is -0.116. The van der Waals surface area contributed by atoms with Crippen molar-refractivity contribution in [3.05, 3.63) is 23.8 Å². The number of aryl methyl sites for hydroxylation is 1. The Morgan fingerprint density at radius 3 is 2.76 bits per heavy atom. The molecule has 0 aliphatic heterocycles. The van der Waals surface area contributed by atoms with E-state index in [9.17, 15) is 4.79 Å². The predicted molar refractivity (Wildman–Crippen MR) is 72.4 cm³/mol. The van der Waals surface area contributed by atoms with E-state index in [1.165, 1.54) is 0 Å². The average Bonchev–Trinajstić information content (AvgIpc) is 2.27. The highest BCUT2D eigenvalue weighted by molar-refractivity contribution is 7.80. The summed E-state index contributed by atoms with van der Waals surface area (Å²) in [5, 5.41) is 2.78. The van der Waals surface area contributed by atoms with Crippen LogP contribution in [0, 0.1) is 6.92 Å². The molecule has 0 heterocycles. The SMILES string of the molecule is COc1ccc(C)cc1NC(=O)CCC(N)=S. The lowest BCUT2D eigenvalue weighted by Crippen LogP contribution is -2.16. The summed E-state index contributed by atoms with van der Waals surface area (Å²) in [4.78, 5) is 12.0. The van der Waals surface area contributed by atoms with E-state index in [1.807, 2.05) is 25.1 Å². The fourth-order valence-corrected chi connectivity index (χ4v) is 1.47. The van der Waals surface area contributed by atoms with Crippen molar-refractivity contribution in [3.63, 3.8) is 0 Å². The first-order valence-corrected chi connectivity index (χ1v) is 5.66. The van der Waals surface area contributed by atoms with Gasteiger partial charge in [-0.2, -0.15) is 0 Å². The highest BCUT2D eigenvalue weighted by Gasteiger charge is 2.07. The highest BCUT2D eigenvalue weighted by Crippen LogP contribution is 2.25. The number of methoxy groups -OCH3 is 1. The Bertz CT molecular complexity index is 433. The largest absolute Gasteiger partial charge is 0.495 e. The molecule has 1 rings (SSSR count). The molecule has 0 saturated heterocycles. The van der Waals surface area contributed by atoms with Crippen LogP contribution < -0.4 is 15.8 Å². The molecule has 4 nitrogen and oxygen atoms in total. The second-order valence-corrected chi connectivity index (χ2v) is 4.24. The Morgan fingerprint density at radius 2 is 2.18 bits per heavy atom. The van der Waals surface area contributed by atoms with Gasteiger partial charge in [0.1, 0.15) is 5.75 Å². The summed E-state index contributed by atoms with van der Waals surface area (Å²) in [6.45, 7) is 1.95. The maximum atomic E-state index is 11.6. The van der Waals surface area contributed by atoms with Crippen molar-refractivity contribution < 1.29 is 9.53 Å². The number of anilines is 1. The number of carbonyl (C=O) groups excluding carboxylic acids is 1. The molecule has 5 heteroatoms. The summed E-state index contributed by atoms with van der Waals surface area (Å²) >= 11 is 4.72. The lowest BCUT2D eigenvalue weighted by atomic mass is 10.2. The third-order valence-electron chi connectivity index (χ3n) is 2.23. The van der Waals surface area contributed by atoms with Gasteiger partial charge in [0.2, 0.25) is 5.91 Å². The van der Waals surface area contributed by atoms with Crippen LogP contribution in [0.3, 0.4) is 0 Å². The number of nitrogens with one attached hydrogen (secondary N) is 1. The fourth-order valence-electron chi connectivity index (χ4n) is 1.37. The van der Waals surface area contributed by atoms with E-state index in [-0.39, 0.29) is 12.3 Å². The molecule has 0 atom stereocenters. The minimum atomic E-state index is -0.123. The van der Waals surface area contributed by atoms with Crippen LogP contribution in [0.15, 0.2) is 18.2 Å². The van der Waals surface area contributed by atoms with Crippen LogP contribution in [0.4, 0.5) is 5.69 Å². The van der Waals surface area contributed by atoms with Crippen LogP contribution in [0.25, 0.3) is 0 Å². The van der Waals surface area contributed by atoms with Crippen LogP contribution >= 0.6 is 12.2 Å². The summed E-state index contributed by atoms with van der Waals surface area (Å²) in [6.07, 6.45) is 0.696. The molecule has 0 aliphatic rings. The van der Waals surface area contributed by atoms with Gasteiger partial charge in [-0.25, -0.2) is 0 Å². The topological polar surface area (TPSA) is 64.3 Å². The maximum absolute atomic E-state index is 11.6. The van der Waals surface area contributed by atoms with Crippen LogP contribution in [0.1, 0.15) is 18.4 Å². The van der Waals surface area contributed by atoms with Crippen molar-refractivity contribution in [3.8, 4) is 5.75 Å². The third-order valence-corrected chi connectivity index (χ3v) is 2.43. The molecule has 0 aliphatic carbocycles. The van der Waals surface area contributed by atoms with Gasteiger partial charge in [-0.05, 0) is 24.6 Å². The number of nitrogens with two attached hydrogens (primary N) is 1. The van der Waals surface area contributed by atoms with Gasteiger partial charge < -0.3 is 15.8 Å². The molecule has 17 heavy (non-hydrogen) atoms. The molecule has 1 amide bonds. The van der Waals surface area contributed by atoms with Gasteiger partial charge in [-0.15, -0.1) is 0 Å². The quantitative estimate of drug-likeness (QED) is 0.787. The first-order chi connectivity index (χ1) is 8.02. The van der Waals surface area contributed by atoms with E-state index in [0.29, 0.717) is 22.8 Å². The van der Waals surface area contributed by atoms with Crippen molar-refractivity contribution in [2.45, 2.75) is 19.8 Å². The van der Waals surface area contributed by atoms with Crippen molar-refractivity contribution in [1.29, 1.82) is 0 Å². The van der Waals surface area contributed by atoms with E-state index in [0.717, 1.165) is 5.56 Å². The van der Waals surface area contributed by atoms with E-state index >= 15 is 0 Å². The molecular formula is C12H16N2O2S. The van der Waals surface area contributed by atoms with Gasteiger partial charge >= 0.3 is 0 Å². The Morgan fingerprint density at radius 1 is 1.47 bits per heavy atom. The molecule has 1 aromatic carbocycles. The Hall–Kier alpha value is -1.62. The van der Waals surface area contributed by atoms with Crippen molar-refractivity contribution >= 4 is 28.8 Å². The van der Waals surface area contributed by atoms with E-state index in [1.54, 1.807) is 7.11 Å². The molecule has 0 bridgehead atoms. The number of thiocarbonyl (C=S) groups is 1.